The average Bonchev–Trinajstić information content (AvgIpc) is 1.85. The first-order chi connectivity index (χ1) is 4.72. The van der Waals surface area contributed by atoms with Gasteiger partial charge < -0.3 is 4.74 Å². The third-order valence-electron chi connectivity index (χ3n) is 1.62. The summed E-state index contributed by atoms with van der Waals surface area (Å²) in [6.07, 6.45) is 5.59. The van der Waals surface area contributed by atoms with Gasteiger partial charge in [-0.15, -0.1) is 0 Å². The van der Waals surface area contributed by atoms with Crippen molar-refractivity contribution in [3.05, 3.63) is 23.5 Å². The van der Waals surface area contributed by atoms with Crippen LogP contribution in [0.5, 0.6) is 0 Å². The summed E-state index contributed by atoms with van der Waals surface area (Å²) in [6, 6.07) is 0. The lowest BCUT2D eigenvalue weighted by Gasteiger charge is -2.19. The highest BCUT2D eigenvalue weighted by atomic mass is 16.5. The van der Waals surface area contributed by atoms with Crippen LogP contribution in [0.2, 0.25) is 0 Å². The molecule has 0 aromatic carbocycles. The van der Waals surface area contributed by atoms with E-state index in [0.717, 1.165) is 12.2 Å². The second-order valence-electron chi connectivity index (χ2n) is 2.73. The Labute approximate surface area is 62.4 Å². The summed E-state index contributed by atoms with van der Waals surface area (Å²) in [4.78, 5) is 0. The van der Waals surface area contributed by atoms with Crippen LogP contribution >= 0.6 is 0 Å². The number of hydrogen-bond acceptors (Lipinski definition) is 1. The van der Waals surface area contributed by atoms with E-state index < -0.39 is 0 Å². The first kappa shape index (κ1) is 7.39. The molecular formula is C9H14O. The Morgan fingerprint density at radius 3 is 2.70 bits per heavy atom. The number of ether oxygens (including phenoxy) is 1. The van der Waals surface area contributed by atoms with E-state index in [9.17, 15) is 0 Å². The maximum absolute atomic E-state index is 5.49. The lowest BCUT2D eigenvalue weighted by Crippen LogP contribution is -2.10. The summed E-state index contributed by atoms with van der Waals surface area (Å²) in [5, 5.41) is 0. The number of allylic oxidation sites excluding steroid dienone is 3. The molecule has 1 aliphatic heterocycles. The zero-order valence-corrected chi connectivity index (χ0v) is 6.85. The monoisotopic (exact) mass is 138 g/mol. The van der Waals surface area contributed by atoms with Crippen LogP contribution in [-0.4, -0.2) is 6.10 Å². The van der Waals surface area contributed by atoms with Crippen molar-refractivity contribution in [2.45, 2.75) is 33.3 Å². The molecule has 0 bridgehead atoms. The molecule has 0 N–H and O–H groups in total. The van der Waals surface area contributed by atoms with E-state index in [1.165, 1.54) is 5.57 Å². The Hall–Kier alpha value is -0.720. The number of rotatable bonds is 1. The minimum absolute atomic E-state index is 0.310. The van der Waals surface area contributed by atoms with E-state index >= 15 is 0 Å². The van der Waals surface area contributed by atoms with Gasteiger partial charge in [-0.1, -0.05) is 6.92 Å². The lowest BCUT2D eigenvalue weighted by atomic mass is 10.1. The topological polar surface area (TPSA) is 9.23 Å². The van der Waals surface area contributed by atoms with Gasteiger partial charge in [-0.25, -0.2) is 0 Å². The Kier molecular flexibility index (Phi) is 2.15. The zero-order chi connectivity index (χ0) is 7.56. The Bertz CT molecular complexity index is 177. The first-order valence-corrected chi connectivity index (χ1v) is 3.75. The highest BCUT2D eigenvalue weighted by Crippen LogP contribution is 2.16. The van der Waals surface area contributed by atoms with Crippen LogP contribution in [0, 0.1) is 0 Å². The van der Waals surface area contributed by atoms with Gasteiger partial charge in [0.2, 0.25) is 0 Å². The van der Waals surface area contributed by atoms with Gasteiger partial charge >= 0.3 is 0 Å². The van der Waals surface area contributed by atoms with Crippen LogP contribution in [0.1, 0.15) is 27.2 Å². The normalized spacial score (nSPS) is 24.9. The van der Waals surface area contributed by atoms with Gasteiger partial charge in [-0.2, -0.15) is 0 Å². The number of hydrogen-bond donors (Lipinski definition) is 0. The van der Waals surface area contributed by atoms with Gasteiger partial charge in [0, 0.05) is 0 Å². The fourth-order valence-electron chi connectivity index (χ4n) is 1.17. The van der Waals surface area contributed by atoms with Crippen molar-refractivity contribution in [1.82, 2.24) is 0 Å². The highest BCUT2D eigenvalue weighted by Gasteiger charge is 2.08. The van der Waals surface area contributed by atoms with Gasteiger partial charge in [0.05, 0.1) is 5.76 Å². The molecule has 0 radical (unpaired) electrons. The molecule has 1 heteroatoms. The van der Waals surface area contributed by atoms with Crippen LogP contribution in [0.4, 0.5) is 0 Å². The van der Waals surface area contributed by atoms with Crippen molar-refractivity contribution in [1.29, 1.82) is 0 Å². The lowest BCUT2D eigenvalue weighted by molar-refractivity contribution is 0.148. The minimum atomic E-state index is 0.310. The molecule has 0 aromatic rings. The van der Waals surface area contributed by atoms with Crippen LogP contribution < -0.4 is 0 Å². The molecule has 1 rings (SSSR count). The summed E-state index contributed by atoms with van der Waals surface area (Å²) >= 11 is 0. The quantitative estimate of drug-likeness (QED) is 0.541. The molecule has 0 spiro atoms. The fraction of sp³-hybridized carbons (Fsp3) is 0.556. The molecule has 1 heterocycles. The Morgan fingerprint density at radius 1 is 1.50 bits per heavy atom. The van der Waals surface area contributed by atoms with Crippen molar-refractivity contribution in [3.8, 4) is 0 Å². The Morgan fingerprint density at radius 2 is 2.20 bits per heavy atom. The molecule has 10 heavy (non-hydrogen) atoms. The van der Waals surface area contributed by atoms with Gasteiger partial charge in [0.1, 0.15) is 6.10 Å². The van der Waals surface area contributed by atoms with Gasteiger partial charge in [0.15, 0.2) is 0 Å². The molecule has 1 unspecified atom stereocenters. The maximum Gasteiger partial charge on any atom is 0.117 e. The molecule has 0 aliphatic carbocycles. The molecule has 1 aliphatic rings. The summed E-state index contributed by atoms with van der Waals surface area (Å²) in [5.74, 6) is 1.03. The summed E-state index contributed by atoms with van der Waals surface area (Å²) in [5.41, 5.74) is 1.32. The standard InChI is InChI=1S/C9H14O/c1-4-9-6-7(2)5-8(3)10-9/h5-6,9H,4H2,1-3H3. The average molecular weight is 138 g/mol. The third-order valence-corrected chi connectivity index (χ3v) is 1.62. The largest absolute Gasteiger partial charge is 0.491 e. The minimum Gasteiger partial charge on any atom is -0.491 e. The van der Waals surface area contributed by atoms with Crippen LogP contribution in [-0.2, 0) is 4.74 Å². The van der Waals surface area contributed by atoms with E-state index in [2.05, 4.69) is 26.0 Å². The van der Waals surface area contributed by atoms with E-state index in [1.54, 1.807) is 0 Å². The molecule has 0 saturated carbocycles. The van der Waals surface area contributed by atoms with Crippen molar-refractivity contribution in [2.24, 2.45) is 0 Å². The maximum atomic E-state index is 5.49. The van der Waals surface area contributed by atoms with E-state index in [-0.39, 0.29) is 0 Å². The molecule has 1 nitrogen and oxygen atoms in total. The van der Waals surface area contributed by atoms with Gasteiger partial charge in [-0.05, 0) is 38.0 Å². The second kappa shape index (κ2) is 2.91. The highest BCUT2D eigenvalue weighted by molar-refractivity contribution is 5.23. The van der Waals surface area contributed by atoms with Crippen molar-refractivity contribution in [3.63, 3.8) is 0 Å². The van der Waals surface area contributed by atoms with E-state index in [0.29, 0.717) is 6.10 Å². The van der Waals surface area contributed by atoms with E-state index in [4.69, 9.17) is 4.74 Å². The molecule has 0 saturated heterocycles. The first-order valence-electron chi connectivity index (χ1n) is 3.75. The zero-order valence-electron chi connectivity index (χ0n) is 6.85. The second-order valence-corrected chi connectivity index (χ2v) is 2.73. The van der Waals surface area contributed by atoms with Gasteiger partial charge in [0.25, 0.3) is 0 Å². The smallest absolute Gasteiger partial charge is 0.117 e. The third kappa shape index (κ3) is 1.63. The predicted molar refractivity (Wildman–Crippen MR) is 42.7 cm³/mol. The van der Waals surface area contributed by atoms with Crippen LogP contribution in [0.15, 0.2) is 23.5 Å². The SMILES string of the molecule is CCC1C=C(C)C=C(C)O1. The van der Waals surface area contributed by atoms with Crippen LogP contribution in [0.3, 0.4) is 0 Å². The van der Waals surface area contributed by atoms with Gasteiger partial charge in [-0.3, -0.25) is 0 Å². The van der Waals surface area contributed by atoms with E-state index in [1.807, 2.05) is 6.92 Å². The predicted octanol–water partition coefficient (Wildman–Crippen LogP) is 2.65. The summed E-state index contributed by atoms with van der Waals surface area (Å²) < 4.78 is 5.49. The summed E-state index contributed by atoms with van der Waals surface area (Å²) in [6.45, 7) is 6.24. The Balaban J connectivity index is 2.67. The molecule has 0 aromatic heterocycles. The molecule has 0 amide bonds. The molecule has 1 atom stereocenters. The van der Waals surface area contributed by atoms with Crippen LogP contribution in [0.25, 0.3) is 0 Å². The fourth-order valence-corrected chi connectivity index (χ4v) is 1.17. The van der Waals surface area contributed by atoms with Crippen molar-refractivity contribution in [2.75, 3.05) is 0 Å². The molecule has 0 fully saturated rings. The molecule has 56 valence electrons. The summed E-state index contributed by atoms with van der Waals surface area (Å²) in [7, 11) is 0. The van der Waals surface area contributed by atoms with Crippen molar-refractivity contribution < 1.29 is 4.74 Å². The van der Waals surface area contributed by atoms with Crippen molar-refractivity contribution >= 4 is 0 Å². The molecular weight excluding hydrogens is 124 g/mol.